The van der Waals surface area contributed by atoms with Crippen molar-refractivity contribution in [3.63, 3.8) is 0 Å². The number of benzene rings is 1. The second kappa shape index (κ2) is 5.41. The molecule has 2 aliphatic rings. The van der Waals surface area contributed by atoms with Crippen LogP contribution in [0.5, 0.6) is 5.75 Å². The van der Waals surface area contributed by atoms with Crippen LogP contribution in [0, 0.1) is 11.8 Å². The van der Waals surface area contributed by atoms with Crippen LogP contribution in [0.15, 0.2) is 24.3 Å². The summed E-state index contributed by atoms with van der Waals surface area (Å²) < 4.78 is 5.96. The average Bonchev–Trinajstić information content (AvgIpc) is 2.38. The summed E-state index contributed by atoms with van der Waals surface area (Å²) >= 11 is 0. The molecule has 0 amide bonds. The van der Waals surface area contributed by atoms with E-state index in [1.54, 1.807) is 0 Å². The van der Waals surface area contributed by atoms with Gasteiger partial charge in [0.25, 0.3) is 0 Å². The number of nitrogens with one attached hydrogen (secondary N) is 1. The highest BCUT2D eigenvalue weighted by Crippen LogP contribution is 2.34. The van der Waals surface area contributed by atoms with E-state index in [4.69, 9.17) is 4.74 Å². The highest BCUT2D eigenvalue weighted by molar-refractivity contribution is 5.59. The van der Waals surface area contributed by atoms with E-state index in [1.807, 2.05) is 0 Å². The molecule has 2 unspecified atom stereocenters. The van der Waals surface area contributed by atoms with E-state index in [9.17, 15) is 0 Å². The van der Waals surface area contributed by atoms with Crippen LogP contribution >= 0.6 is 0 Å². The summed E-state index contributed by atoms with van der Waals surface area (Å²) in [5.74, 6) is 2.62. The van der Waals surface area contributed by atoms with Crippen LogP contribution in [-0.4, -0.2) is 32.3 Å². The van der Waals surface area contributed by atoms with Gasteiger partial charge in [0.05, 0.1) is 11.8 Å². The zero-order chi connectivity index (χ0) is 13.2. The number of ether oxygens (including phenoxy) is 1. The van der Waals surface area contributed by atoms with Crippen LogP contribution in [0.4, 0.5) is 5.69 Å². The van der Waals surface area contributed by atoms with Crippen molar-refractivity contribution in [2.24, 2.45) is 11.8 Å². The number of fused-ring (bicyclic) bond motifs is 2. The Morgan fingerprint density at radius 1 is 1.16 bits per heavy atom. The van der Waals surface area contributed by atoms with Gasteiger partial charge in [-0.1, -0.05) is 12.1 Å². The maximum absolute atomic E-state index is 5.96. The highest BCUT2D eigenvalue weighted by Gasteiger charge is 2.31. The maximum Gasteiger partial charge on any atom is 0.142 e. The molecule has 2 aliphatic heterocycles. The normalized spacial score (nSPS) is 26.6. The SMILES string of the molecule is CC(C)Oc1ccccc1N1CC2CNCC(C2)C1. The van der Waals surface area contributed by atoms with E-state index >= 15 is 0 Å². The standard InChI is InChI=1S/C16H24N2O/c1-12(2)19-16-6-4-3-5-15(16)18-10-13-7-14(11-18)9-17-8-13/h3-6,12-14,17H,7-11H2,1-2H3. The van der Waals surface area contributed by atoms with Crippen LogP contribution < -0.4 is 15.0 Å². The largest absolute Gasteiger partial charge is 0.489 e. The van der Waals surface area contributed by atoms with E-state index in [-0.39, 0.29) is 6.10 Å². The topological polar surface area (TPSA) is 24.5 Å². The number of hydrogen-bond donors (Lipinski definition) is 1. The van der Waals surface area contributed by atoms with Crippen LogP contribution in [0.2, 0.25) is 0 Å². The molecule has 3 nitrogen and oxygen atoms in total. The summed E-state index contributed by atoms with van der Waals surface area (Å²) in [4.78, 5) is 2.53. The van der Waals surface area contributed by atoms with Gasteiger partial charge in [0.1, 0.15) is 5.75 Å². The van der Waals surface area contributed by atoms with Gasteiger partial charge in [-0.15, -0.1) is 0 Å². The fourth-order valence-corrected chi connectivity index (χ4v) is 3.37. The Morgan fingerprint density at radius 2 is 1.84 bits per heavy atom. The number of hydrogen-bond acceptors (Lipinski definition) is 3. The van der Waals surface area contributed by atoms with E-state index < -0.39 is 0 Å². The Balaban J connectivity index is 1.81. The molecule has 3 rings (SSSR count). The summed E-state index contributed by atoms with van der Waals surface area (Å²) in [6.45, 7) is 8.82. The predicted molar refractivity (Wildman–Crippen MR) is 78.9 cm³/mol. The summed E-state index contributed by atoms with van der Waals surface area (Å²) in [6.07, 6.45) is 1.61. The molecule has 19 heavy (non-hydrogen) atoms. The van der Waals surface area contributed by atoms with Crippen molar-refractivity contribution in [2.45, 2.75) is 26.4 Å². The van der Waals surface area contributed by atoms with Gasteiger partial charge in [0.15, 0.2) is 0 Å². The summed E-state index contributed by atoms with van der Waals surface area (Å²) in [7, 11) is 0. The molecule has 0 aromatic heterocycles. The second-order valence-corrected chi connectivity index (χ2v) is 6.17. The van der Waals surface area contributed by atoms with Gasteiger partial charge >= 0.3 is 0 Å². The molecule has 0 radical (unpaired) electrons. The number of rotatable bonds is 3. The molecule has 3 heteroatoms. The zero-order valence-electron chi connectivity index (χ0n) is 11.9. The lowest BCUT2D eigenvalue weighted by Gasteiger charge is -2.43. The van der Waals surface area contributed by atoms with Crippen molar-refractivity contribution in [3.05, 3.63) is 24.3 Å². The zero-order valence-corrected chi connectivity index (χ0v) is 11.9. The van der Waals surface area contributed by atoms with Crippen molar-refractivity contribution < 1.29 is 4.74 Å². The van der Waals surface area contributed by atoms with Gasteiger partial charge in [0, 0.05) is 13.1 Å². The lowest BCUT2D eigenvalue weighted by Crippen LogP contribution is -2.51. The molecule has 104 valence electrons. The minimum absolute atomic E-state index is 0.229. The molecule has 0 spiro atoms. The van der Waals surface area contributed by atoms with Crippen LogP contribution in [0.1, 0.15) is 20.3 Å². The Kier molecular flexibility index (Phi) is 3.65. The first-order valence-corrected chi connectivity index (χ1v) is 7.43. The van der Waals surface area contributed by atoms with Crippen molar-refractivity contribution >= 4 is 5.69 Å². The highest BCUT2D eigenvalue weighted by atomic mass is 16.5. The van der Waals surface area contributed by atoms with Gasteiger partial charge < -0.3 is 15.0 Å². The first-order valence-electron chi connectivity index (χ1n) is 7.43. The Hall–Kier alpha value is -1.22. The molecule has 1 aromatic carbocycles. The fraction of sp³-hybridized carbons (Fsp3) is 0.625. The molecule has 0 saturated carbocycles. The van der Waals surface area contributed by atoms with Crippen LogP contribution in [-0.2, 0) is 0 Å². The molecule has 1 aromatic rings. The molecule has 2 saturated heterocycles. The minimum Gasteiger partial charge on any atom is -0.489 e. The number of para-hydroxylation sites is 2. The molecule has 2 heterocycles. The van der Waals surface area contributed by atoms with Gasteiger partial charge in [0.2, 0.25) is 0 Å². The van der Waals surface area contributed by atoms with Crippen LogP contribution in [0.3, 0.4) is 0 Å². The summed E-state index contributed by atoms with van der Waals surface area (Å²) in [5, 5.41) is 3.55. The average molecular weight is 260 g/mol. The Morgan fingerprint density at radius 3 is 2.53 bits per heavy atom. The molecular weight excluding hydrogens is 236 g/mol. The second-order valence-electron chi connectivity index (χ2n) is 6.17. The molecule has 2 fully saturated rings. The molecule has 1 N–H and O–H groups in total. The molecular formula is C16H24N2O. The monoisotopic (exact) mass is 260 g/mol. The quantitative estimate of drug-likeness (QED) is 0.904. The number of anilines is 1. The Labute approximate surface area is 115 Å². The molecule has 2 atom stereocenters. The summed E-state index contributed by atoms with van der Waals surface area (Å²) in [6, 6.07) is 8.48. The molecule has 0 aliphatic carbocycles. The third-order valence-electron chi connectivity index (χ3n) is 4.06. The first kappa shape index (κ1) is 12.8. The van der Waals surface area contributed by atoms with Gasteiger partial charge in [-0.3, -0.25) is 0 Å². The summed E-state index contributed by atoms with van der Waals surface area (Å²) in [5.41, 5.74) is 1.27. The predicted octanol–water partition coefficient (Wildman–Crippen LogP) is 2.52. The maximum atomic E-state index is 5.96. The van der Waals surface area contributed by atoms with Gasteiger partial charge in [-0.2, -0.15) is 0 Å². The number of piperidine rings is 2. The van der Waals surface area contributed by atoms with E-state index in [0.717, 1.165) is 30.7 Å². The van der Waals surface area contributed by atoms with Crippen molar-refractivity contribution in [2.75, 3.05) is 31.1 Å². The van der Waals surface area contributed by atoms with Gasteiger partial charge in [-0.25, -0.2) is 0 Å². The first-order chi connectivity index (χ1) is 9.22. The fourth-order valence-electron chi connectivity index (χ4n) is 3.37. The minimum atomic E-state index is 0.229. The van der Waals surface area contributed by atoms with E-state index in [0.29, 0.717) is 0 Å². The van der Waals surface area contributed by atoms with Crippen molar-refractivity contribution in [3.8, 4) is 5.75 Å². The third-order valence-corrected chi connectivity index (χ3v) is 4.06. The Bertz CT molecular complexity index is 421. The van der Waals surface area contributed by atoms with E-state index in [2.05, 4.69) is 48.3 Å². The van der Waals surface area contributed by atoms with E-state index in [1.165, 1.54) is 25.2 Å². The van der Waals surface area contributed by atoms with Crippen molar-refractivity contribution in [1.29, 1.82) is 0 Å². The number of nitrogens with zero attached hydrogens (tertiary/aromatic N) is 1. The smallest absolute Gasteiger partial charge is 0.142 e. The van der Waals surface area contributed by atoms with Crippen LogP contribution in [0.25, 0.3) is 0 Å². The van der Waals surface area contributed by atoms with Gasteiger partial charge in [-0.05, 0) is 57.3 Å². The lowest BCUT2D eigenvalue weighted by atomic mass is 9.85. The molecule has 2 bridgehead atoms. The third kappa shape index (κ3) is 2.86. The lowest BCUT2D eigenvalue weighted by molar-refractivity contribution is 0.233. The van der Waals surface area contributed by atoms with Crippen molar-refractivity contribution in [1.82, 2.24) is 5.32 Å².